The number of aromatic nitrogens is 4. The Labute approximate surface area is 216 Å². The van der Waals surface area contributed by atoms with Gasteiger partial charge in [-0.05, 0) is 69.6 Å². The molecular weight excluding hydrogens is 448 g/mol. The third-order valence-corrected chi connectivity index (χ3v) is 9.49. The Bertz CT molecular complexity index is 977. The Balaban J connectivity index is 1.14. The molecule has 1 saturated heterocycles. The molecule has 4 N–H and O–H groups in total. The van der Waals surface area contributed by atoms with Crippen molar-refractivity contribution in [2.45, 2.75) is 121 Å². The number of nitrogens with two attached hydrogens (primary N) is 1. The second-order valence-electron chi connectivity index (χ2n) is 12.2. The molecule has 8 nitrogen and oxygen atoms in total. The highest BCUT2D eigenvalue weighted by atomic mass is 15.6. The van der Waals surface area contributed by atoms with Gasteiger partial charge in [0.15, 0.2) is 5.65 Å². The van der Waals surface area contributed by atoms with Crippen LogP contribution < -0.4 is 16.5 Å². The summed E-state index contributed by atoms with van der Waals surface area (Å²) in [6.07, 6.45) is 22.6. The molecule has 4 aliphatic rings. The lowest BCUT2D eigenvalue weighted by Gasteiger charge is -2.35. The van der Waals surface area contributed by atoms with Gasteiger partial charge in [-0.1, -0.05) is 44.9 Å². The second kappa shape index (κ2) is 11.2. The molecule has 2 aromatic heterocycles. The van der Waals surface area contributed by atoms with Crippen LogP contribution >= 0.6 is 0 Å². The van der Waals surface area contributed by atoms with Gasteiger partial charge < -0.3 is 11.1 Å². The summed E-state index contributed by atoms with van der Waals surface area (Å²) < 4.78 is 2.39. The molecule has 198 valence electrons. The summed E-state index contributed by atoms with van der Waals surface area (Å²) in [7, 11) is 0. The molecule has 0 atom stereocenters. The van der Waals surface area contributed by atoms with Gasteiger partial charge in [-0.3, -0.25) is 9.99 Å². The number of hydrogen-bond donors (Lipinski definition) is 3. The van der Waals surface area contributed by atoms with Crippen molar-refractivity contribution in [3.63, 3.8) is 0 Å². The Morgan fingerprint density at radius 2 is 1.50 bits per heavy atom. The maximum absolute atomic E-state index is 6.10. The fourth-order valence-electron chi connectivity index (χ4n) is 7.31. The first-order valence-corrected chi connectivity index (χ1v) is 15.0. The zero-order valence-corrected chi connectivity index (χ0v) is 22.0. The van der Waals surface area contributed by atoms with Crippen LogP contribution in [0.15, 0.2) is 6.20 Å². The van der Waals surface area contributed by atoms with E-state index in [1.165, 1.54) is 77.0 Å². The molecule has 0 bridgehead atoms. The topological polar surface area (TPSA) is 96.9 Å². The van der Waals surface area contributed by atoms with Crippen LogP contribution in [0.3, 0.4) is 0 Å². The van der Waals surface area contributed by atoms with E-state index in [1.807, 2.05) is 6.20 Å². The Kier molecular flexibility index (Phi) is 7.60. The summed E-state index contributed by atoms with van der Waals surface area (Å²) in [4.78, 5) is 14.7. The number of fused-ring (bicyclic) bond motifs is 1. The molecule has 0 amide bonds. The predicted octanol–water partition coefficient (Wildman–Crippen LogP) is 5.63. The maximum Gasteiger partial charge on any atom is 0.224 e. The molecule has 4 fully saturated rings. The predicted molar refractivity (Wildman–Crippen MR) is 146 cm³/mol. The van der Waals surface area contributed by atoms with Crippen molar-refractivity contribution in [3.8, 4) is 0 Å². The minimum absolute atomic E-state index is 0.348. The van der Waals surface area contributed by atoms with Crippen molar-refractivity contribution >= 4 is 23.1 Å². The highest BCUT2D eigenvalue weighted by Gasteiger charge is 2.28. The molecule has 0 aromatic carbocycles. The van der Waals surface area contributed by atoms with Crippen LogP contribution in [0.1, 0.15) is 109 Å². The molecule has 36 heavy (non-hydrogen) atoms. The standard InChI is InChI=1S/C28H46N8/c29-22-10-12-23(13-11-22)31-27-30-19-25-26(33-27)36(24-8-4-5-9-24)28(32-25)34-35-16-14-21(15-17-35)18-20-6-2-1-3-7-20/h19-24H,1-18,29H2,(H,32,34)(H,30,31,33). The Hall–Kier alpha value is -1.93. The monoisotopic (exact) mass is 494 g/mol. The van der Waals surface area contributed by atoms with Crippen LogP contribution in [0.4, 0.5) is 11.9 Å². The number of rotatable bonds is 7. The number of nitrogens with zero attached hydrogens (tertiary/aromatic N) is 5. The van der Waals surface area contributed by atoms with Crippen molar-refractivity contribution in [1.29, 1.82) is 0 Å². The third kappa shape index (κ3) is 5.64. The van der Waals surface area contributed by atoms with Gasteiger partial charge in [0.2, 0.25) is 11.9 Å². The Morgan fingerprint density at radius 3 is 2.25 bits per heavy atom. The molecule has 3 aliphatic carbocycles. The van der Waals surface area contributed by atoms with E-state index in [-0.39, 0.29) is 0 Å². The number of hydrogen-bond acceptors (Lipinski definition) is 7. The number of anilines is 2. The van der Waals surface area contributed by atoms with Gasteiger partial charge in [-0.15, -0.1) is 0 Å². The van der Waals surface area contributed by atoms with Crippen LogP contribution in [0.2, 0.25) is 0 Å². The summed E-state index contributed by atoms with van der Waals surface area (Å²) in [6, 6.07) is 1.23. The summed E-state index contributed by atoms with van der Waals surface area (Å²) in [6.45, 7) is 2.21. The van der Waals surface area contributed by atoms with E-state index in [0.717, 1.165) is 73.7 Å². The van der Waals surface area contributed by atoms with Gasteiger partial charge in [0.25, 0.3) is 0 Å². The highest BCUT2D eigenvalue weighted by molar-refractivity contribution is 5.75. The molecule has 8 heteroatoms. The number of nitrogens with one attached hydrogen (secondary N) is 2. The van der Waals surface area contributed by atoms with Gasteiger partial charge in [0, 0.05) is 31.2 Å². The molecule has 0 radical (unpaired) electrons. The molecule has 0 spiro atoms. The summed E-state index contributed by atoms with van der Waals surface area (Å²) in [5.74, 6) is 3.57. The normalized spacial score (nSPS) is 27.6. The largest absolute Gasteiger partial charge is 0.351 e. The van der Waals surface area contributed by atoms with E-state index in [9.17, 15) is 0 Å². The van der Waals surface area contributed by atoms with Crippen LogP contribution in [0.5, 0.6) is 0 Å². The third-order valence-electron chi connectivity index (χ3n) is 9.49. The maximum atomic E-state index is 6.10. The average Bonchev–Trinajstić information content (AvgIpc) is 3.55. The lowest BCUT2D eigenvalue weighted by atomic mass is 9.80. The van der Waals surface area contributed by atoms with Crippen molar-refractivity contribution < 1.29 is 0 Å². The number of piperidine rings is 1. The van der Waals surface area contributed by atoms with Crippen LogP contribution in [0, 0.1) is 11.8 Å². The molecule has 2 aromatic rings. The van der Waals surface area contributed by atoms with Gasteiger partial charge in [0.05, 0.1) is 6.20 Å². The first kappa shape index (κ1) is 24.4. The van der Waals surface area contributed by atoms with Crippen LogP contribution in [-0.4, -0.2) is 49.7 Å². The quantitative estimate of drug-likeness (QED) is 0.459. The van der Waals surface area contributed by atoms with Gasteiger partial charge in [-0.25, -0.2) is 15.0 Å². The minimum Gasteiger partial charge on any atom is -0.351 e. The van der Waals surface area contributed by atoms with Gasteiger partial charge >= 0.3 is 0 Å². The molecule has 3 heterocycles. The molecule has 1 aliphatic heterocycles. The first-order valence-electron chi connectivity index (χ1n) is 15.0. The smallest absolute Gasteiger partial charge is 0.224 e. The number of imidazole rings is 1. The fraction of sp³-hybridized carbons (Fsp3) is 0.821. The second-order valence-corrected chi connectivity index (χ2v) is 12.2. The van der Waals surface area contributed by atoms with Crippen LogP contribution in [0.25, 0.3) is 11.2 Å². The highest BCUT2D eigenvalue weighted by Crippen LogP contribution is 2.36. The van der Waals surface area contributed by atoms with E-state index < -0.39 is 0 Å². The van der Waals surface area contributed by atoms with E-state index in [2.05, 4.69) is 25.3 Å². The zero-order chi connectivity index (χ0) is 24.3. The minimum atomic E-state index is 0.348. The van der Waals surface area contributed by atoms with Crippen molar-refractivity contribution in [2.24, 2.45) is 17.6 Å². The van der Waals surface area contributed by atoms with Crippen molar-refractivity contribution in [1.82, 2.24) is 24.5 Å². The lowest BCUT2D eigenvalue weighted by Crippen LogP contribution is -2.39. The van der Waals surface area contributed by atoms with E-state index in [0.29, 0.717) is 18.1 Å². The van der Waals surface area contributed by atoms with E-state index >= 15 is 0 Å². The lowest BCUT2D eigenvalue weighted by molar-refractivity contribution is 0.178. The Morgan fingerprint density at radius 1 is 0.806 bits per heavy atom. The number of hydrazine groups is 1. The zero-order valence-electron chi connectivity index (χ0n) is 22.0. The SMILES string of the molecule is NC1CCC(Nc2ncc3nc(NN4CCC(CC5CCCCC5)CC4)n(C4CCCC4)c3n2)CC1. The van der Waals surface area contributed by atoms with Crippen LogP contribution in [-0.2, 0) is 0 Å². The molecular formula is C28H46N8. The first-order chi connectivity index (χ1) is 17.7. The van der Waals surface area contributed by atoms with Crippen molar-refractivity contribution in [2.75, 3.05) is 23.8 Å². The van der Waals surface area contributed by atoms with Gasteiger partial charge in [0.1, 0.15) is 5.52 Å². The van der Waals surface area contributed by atoms with Gasteiger partial charge in [-0.2, -0.15) is 4.98 Å². The van der Waals surface area contributed by atoms with Crippen molar-refractivity contribution in [3.05, 3.63) is 6.20 Å². The molecule has 3 saturated carbocycles. The van der Waals surface area contributed by atoms with E-state index in [1.54, 1.807) is 0 Å². The fourth-order valence-corrected chi connectivity index (χ4v) is 7.31. The van der Waals surface area contributed by atoms with E-state index in [4.69, 9.17) is 15.7 Å². The summed E-state index contributed by atoms with van der Waals surface area (Å²) in [5, 5.41) is 6.00. The summed E-state index contributed by atoms with van der Waals surface area (Å²) in [5.41, 5.74) is 11.7. The average molecular weight is 495 g/mol. The summed E-state index contributed by atoms with van der Waals surface area (Å²) >= 11 is 0. The molecule has 0 unspecified atom stereocenters. The molecule has 6 rings (SSSR count).